The number of fused-ring (bicyclic) bond motifs is 9. The molecule has 1 spiro atoms. The molecule has 4 fully saturated rings. The summed E-state index contributed by atoms with van der Waals surface area (Å²) >= 11 is 3.78. The van der Waals surface area contributed by atoms with Gasteiger partial charge in [0, 0.05) is 68.5 Å². The molecule has 5 atom stereocenters. The van der Waals surface area contributed by atoms with Gasteiger partial charge in [-0.1, -0.05) is 103 Å². The number of rotatable bonds is 6. The van der Waals surface area contributed by atoms with Gasteiger partial charge >= 0.3 is 0 Å². The van der Waals surface area contributed by atoms with E-state index in [2.05, 4.69) is 192 Å². The summed E-state index contributed by atoms with van der Waals surface area (Å²) in [5.74, 6) is 2.88. The first-order valence-electron chi connectivity index (χ1n) is 22.0. The van der Waals surface area contributed by atoms with Crippen molar-refractivity contribution in [2.75, 3.05) is 9.80 Å². The molecule has 0 radical (unpaired) electrons. The normalized spacial score (nSPS) is 21.9. The maximum Gasteiger partial charge on any atom is 0.0750 e. The summed E-state index contributed by atoms with van der Waals surface area (Å²) in [5, 5.41) is 5.28. The van der Waals surface area contributed by atoms with Crippen LogP contribution in [0, 0.1) is 23.7 Å². The average Bonchev–Trinajstić information content (AvgIpc) is 4.08. The molecule has 2 nitrogen and oxygen atoms in total. The summed E-state index contributed by atoms with van der Waals surface area (Å²) in [4.78, 5) is 5.25. The molecule has 2 heterocycles. The minimum Gasteiger partial charge on any atom is -0.308 e. The maximum absolute atomic E-state index is 2.67. The van der Waals surface area contributed by atoms with Crippen LogP contribution in [-0.2, 0) is 5.41 Å². The van der Waals surface area contributed by atoms with E-state index in [1.54, 1.807) is 11.1 Å². The molecule has 0 saturated heterocycles. The molecular formula is C57H42N2S2. The predicted octanol–water partition coefficient (Wildman–Crippen LogP) is 16.7. The first-order chi connectivity index (χ1) is 30.2. The molecule has 4 bridgehead atoms. The first kappa shape index (κ1) is 34.5. The van der Waals surface area contributed by atoms with E-state index in [1.165, 1.54) is 106 Å². The van der Waals surface area contributed by atoms with E-state index >= 15 is 0 Å². The number of benzene rings is 8. The zero-order valence-corrected chi connectivity index (χ0v) is 35.3. The van der Waals surface area contributed by atoms with Crippen LogP contribution in [0.1, 0.15) is 36.8 Å². The molecule has 8 aromatic carbocycles. The summed E-state index contributed by atoms with van der Waals surface area (Å²) in [6.45, 7) is 0. The lowest BCUT2D eigenvalue weighted by Gasteiger charge is -2.46. The lowest BCUT2D eigenvalue weighted by Crippen LogP contribution is -2.41. The molecule has 5 aliphatic carbocycles. The smallest absolute Gasteiger partial charge is 0.0750 e. The van der Waals surface area contributed by atoms with Gasteiger partial charge in [-0.05, 0) is 150 Å². The molecule has 4 saturated carbocycles. The van der Waals surface area contributed by atoms with Crippen molar-refractivity contribution >= 4 is 97.1 Å². The highest BCUT2D eigenvalue weighted by atomic mass is 32.1. The van der Waals surface area contributed by atoms with Gasteiger partial charge in [0.05, 0.1) is 11.4 Å². The fraction of sp³-hybridized carbons (Fsp3) is 0.158. The average molecular weight is 819 g/mol. The SMILES string of the molecule is c1ccc(N(c2ccc3sc4ccccc4c3c2)c2ccc3c(c2N(c2ccccc2)c2ccc4sc5ccccc5c4c2)C2(c4ccccc4-3)C3CC4CC(C3)C2C4)cc1. The number of hydrogen-bond donors (Lipinski definition) is 0. The van der Waals surface area contributed by atoms with Crippen LogP contribution in [0.2, 0.25) is 0 Å². The van der Waals surface area contributed by atoms with Crippen LogP contribution < -0.4 is 9.80 Å². The quantitative estimate of drug-likeness (QED) is 0.165. The summed E-state index contributed by atoms with van der Waals surface area (Å²) in [5.41, 5.74) is 13.2. The van der Waals surface area contributed by atoms with E-state index in [0.29, 0.717) is 11.8 Å². The predicted molar refractivity (Wildman–Crippen MR) is 260 cm³/mol. The summed E-state index contributed by atoms with van der Waals surface area (Å²) < 4.78 is 5.31. The van der Waals surface area contributed by atoms with Crippen LogP contribution in [0.25, 0.3) is 51.5 Å². The Bertz CT molecular complexity index is 3380. The van der Waals surface area contributed by atoms with Crippen molar-refractivity contribution in [3.63, 3.8) is 0 Å². The fourth-order valence-electron chi connectivity index (χ4n) is 13.1. The van der Waals surface area contributed by atoms with Gasteiger partial charge in [0.15, 0.2) is 0 Å². The van der Waals surface area contributed by atoms with Gasteiger partial charge in [0.25, 0.3) is 0 Å². The van der Waals surface area contributed by atoms with E-state index in [1.807, 2.05) is 22.7 Å². The van der Waals surface area contributed by atoms with Crippen molar-refractivity contribution in [3.8, 4) is 11.1 Å². The Labute approximate surface area is 364 Å². The Morgan fingerprint density at radius 3 is 1.67 bits per heavy atom. The molecule has 292 valence electrons. The summed E-state index contributed by atoms with van der Waals surface area (Å²) in [6.07, 6.45) is 5.39. The van der Waals surface area contributed by atoms with Crippen LogP contribution in [-0.4, -0.2) is 0 Å². The monoisotopic (exact) mass is 818 g/mol. The fourth-order valence-corrected chi connectivity index (χ4v) is 15.3. The lowest BCUT2D eigenvalue weighted by molar-refractivity contribution is 0.191. The van der Waals surface area contributed by atoms with Crippen molar-refractivity contribution < 1.29 is 0 Å². The third-order valence-corrected chi connectivity index (χ3v) is 17.5. The van der Waals surface area contributed by atoms with E-state index < -0.39 is 0 Å². The highest BCUT2D eigenvalue weighted by Crippen LogP contribution is 2.75. The number of hydrogen-bond acceptors (Lipinski definition) is 4. The van der Waals surface area contributed by atoms with Gasteiger partial charge < -0.3 is 9.80 Å². The van der Waals surface area contributed by atoms with Crippen molar-refractivity contribution in [1.29, 1.82) is 0 Å². The van der Waals surface area contributed by atoms with Crippen molar-refractivity contribution in [2.45, 2.75) is 31.1 Å². The molecule has 61 heavy (non-hydrogen) atoms. The number of para-hydroxylation sites is 2. The Kier molecular flexibility index (Phi) is 7.30. The highest BCUT2D eigenvalue weighted by Gasteiger charge is 2.67. The first-order valence-corrected chi connectivity index (χ1v) is 23.7. The largest absolute Gasteiger partial charge is 0.308 e. The molecule has 2 aromatic heterocycles. The third kappa shape index (κ3) is 4.78. The maximum atomic E-state index is 2.67. The van der Waals surface area contributed by atoms with Gasteiger partial charge in [-0.3, -0.25) is 0 Å². The zero-order chi connectivity index (χ0) is 39.8. The molecule has 10 aromatic rings. The minimum absolute atomic E-state index is 0.0585. The Balaban J connectivity index is 1.13. The van der Waals surface area contributed by atoms with Crippen LogP contribution in [0.15, 0.2) is 182 Å². The second-order valence-electron chi connectivity index (χ2n) is 18.0. The van der Waals surface area contributed by atoms with Crippen molar-refractivity contribution in [2.24, 2.45) is 23.7 Å². The van der Waals surface area contributed by atoms with E-state index in [0.717, 1.165) is 17.5 Å². The van der Waals surface area contributed by atoms with E-state index in [9.17, 15) is 0 Å². The molecular weight excluding hydrogens is 777 g/mol. The van der Waals surface area contributed by atoms with Gasteiger partial charge in [-0.25, -0.2) is 0 Å². The van der Waals surface area contributed by atoms with Gasteiger partial charge in [-0.2, -0.15) is 0 Å². The Hall–Kier alpha value is -6.20. The van der Waals surface area contributed by atoms with Crippen molar-refractivity contribution in [3.05, 3.63) is 193 Å². The number of thiophene rings is 2. The van der Waals surface area contributed by atoms with Crippen LogP contribution >= 0.6 is 22.7 Å². The van der Waals surface area contributed by atoms with Gasteiger partial charge in [0.2, 0.25) is 0 Å². The minimum atomic E-state index is -0.0585. The second kappa shape index (κ2) is 12.9. The third-order valence-electron chi connectivity index (χ3n) is 15.2. The lowest BCUT2D eigenvalue weighted by atomic mass is 9.59. The van der Waals surface area contributed by atoms with E-state index in [-0.39, 0.29) is 5.41 Å². The Morgan fingerprint density at radius 2 is 1.00 bits per heavy atom. The van der Waals surface area contributed by atoms with Crippen LogP contribution in [0.3, 0.4) is 0 Å². The zero-order valence-electron chi connectivity index (χ0n) is 33.7. The number of nitrogens with zero attached hydrogens (tertiary/aromatic N) is 2. The van der Waals surface area contributed by atoms with E-state index in [4.69, 9.17) is 0 Å². The summed E-state index contributed by atoms with van der Waals surface area (Å²) in [6, 6.07) is 69.2. The molecule has 5 unspecified atom stereocenters. The standard InChI is InChI=1S/C57H42N2S2/c1-3-13-38(14-4-1)58(40-23-27-53-46(33-40)43-18-8-11-21-51(43)60-53)50-26-25-45-42-17-7-10-20-48(42)57(37-30-35-29-36(32-37)49(57)31-35)55(45)56(50)59(39-15-5-2-6-16-39)41-24-28-54-47(34-41)44-19-9-12-22-52(44)61-54/h1-28,33-37,49H,29-32H2. The number of anilines is 6. The van der Waals surface area contributed by atoms with Crippen LogP contribution in [0.4, 0.5) is 34.1 Å². The van der Waals surface area contributed by atoms with Crippen LogP contribution in [0.5, 0.6) is 0 Å². The summed E-state index contributed by atoms with van der Waals surface area (Å²) in [7, 11) is 0. The molecule has 0 aliphatic heterocycles. The molecule has 5 aliphatic rings. The molecule has 0 N–H and O–H groups in total. The van der Waals surface area contributed by atoms with Crippen molar-refractivity contribution in [1.82, 2.24) is 0 Å². The topological polar surface area (TPSA) is 6.48 Å². The molecule has 0 amide bonds. The highest BCUT2D eigenvalue weighted by molar-refractivity contribution is 7.26. The molecule has 4 heteroatoms. The van der Waals surface area contributed by atoms with Gasteiger partial charge in [0.1, 0.15) is 0 Å². The Morgan fingerprint density at radius 1 is 0.426 bits per heavy atom. The van der Waals surface area contributed by atoms with Gasteiger partial charge in [-0.15, -0.1) is 22.7 Å². The second-order valence-corrected chi connectivity index (χ2v) is 20.2. The molecule has 15 rings (SSSR count).